The number of hydrogen-bond acceptors (Lipinski definition) is 2. The number of benzene rings is 1. The number of hydrogen-bond donors (Lipinski definition) is 1. The van der Waals surface area contributed by atoms with E-state index >= 15 is 0 Å². The molecule has 2 nitrogen and oxygen atoms in total. The summed E-state index contributed by atoms with van der Waals surface area (Å²) in [5.41, 5.74) is 2.65. The summed E-state index contributed by atoms with van der Waals surface area (Å²) in [5.74, 6) is 0. The van der Waals surface area contributed by atoms with Gasteiger partial charge >= 0.3 is 0 Å². The van der Waals surface area contributed by atoms with Crippen molar-refractivity contribution in [2.45, 2.75) is 58.2 Å². The molecule has 1 fully saturated rings. The second-order valence-corrected chi connectivity index (χ2v) is 6.53. The Morgan fingerprint density at radius 2 is 2.16 bits per heavy atom. The maximum atomic E-state index is 3.71. The largest absolute Gasteiger partial charge is 0.372 e. The van der Waals surface area contributed by atoms with Crippen LogP contribution in [0.5, 0.6) is 0 Å². The molecule has 1 aliphatic carbocycles. The maximum Gasteiger partial charge on any atom is 0.0377 e. The molecular weight excluding hydrogens is 300 g/mol. The van der Waals surface area contributed by atoms with E-state index in [1.807, 2.05) is 0 Å². The van der Waals surface area contributed by atoms with Crippen molar-refractivity contribution in [3.63, 3.8) is 0 Å². The monoisotopic (exact) mass is 324 g/mol. The van der Waals surface area contributed by atoms with Crippen molar-refractivity contribution >= 4 is 21.6 Å². The van der Waals surface area contributed by atoms with Crippen molar-refractivity contribution < 1.29 is 0 Å². The van der Waals surface area contributed by atoms with Gasteiger partial charge in [0.15, 0.2) is 0 Å². The van der Waals surface area contributed by atoms with Gasteiger partial charge in [-0.05, 0) is 43.9 Å². The average molecular weight is 325 g/mol. The zero-order valence-corrected chi connectivity index (χ0v) is 13.8. The van der Waals surface area contributed by atoms with Gasteiger partial charge in [-0.2, -0.15) is 0 Å². The lowest BCUT2D eigenvalue weighted by Crippen LogP contribution is -2.28. The van der Waals surface area contributed by atoms with Crippen LogP contribution in [0.3, 0.4) is 0 Å². The van der Waals surface area contributed by atoms with E-state index in [1.54, 1.807) is 0 Å². The predicted molar refractivity (Wildman–Crippen MR) is 86.8 cm³/mol. The highest BCUT2D eigenvalue weighted by molar-refractivity contribution is 9.10. The Hall–Kier alpha value is -0.540. The number of rotatable bonds is 7. The van der Waals surface area contributed by atoms with Gasteiger partial charge in [0.25, 0.3) is 0 Å². The third kappa shape index (κ3) is 4.22. The average Bonchev–Trinajstić information content (AvgIpc) is 3.20. The molecular formula is C16H25BrN2. The minimum atomic E-state index is 0.590. The number of halogens is 1. The van der Waals surface area contributed by atoms with Gasteiger partial charge in [0.1, 0.15) is 0 Å². The standard InChI is InChI=1S/C16H25BrN2/c1-4-5-12(2)19(3)15-9-6-13(16(17)10-15)11-18-14-7-8-14/h6,9-10,12,14,18H,4-5,7-8,11H2,1-3H3. The lowest BCUT2D eigenvalue weighted by molar-refractivity contribution is 0.616. The maximum absolute atomic E-state index is 3.71. The highest BCUT2D eigenvalue weighted by atomic mass is 79.9. The summed E-state index contributed by atoms with van der Waals surface area (Å²) in [6.07, 6.45) is 5.15. The van der Waals surface area contributed by atoms with E-state index in [-0.39, 0.29) is 0 Å². The van der Waals surface area contributed by atoms with Gasteiger partial charge in [-0.3, -0.25) is 0 Å². The fourth-order valence-corrected chi connectivity index (χ4v) is 2.81. The fourth-order valence-electron chi connectivity index (χ4n) is 2.31. The molecule has 3 heteroatoms. The highest BCUT2D eigenvalue weighted by Gasteiger charge is 2.20. The van der Waals surface area contributed by atoms with E-state index in [2.05, 4.69) is 65.2 Å². The molecule has 1 unspecified atom stereocenters. The first kappa shape index (κ1) is 14.9. The van der Waals surface area contributed by atoms with E-state index in [9.17, 15) is 0 Å². The molecule has 1 aromatic carbocycles. The van der Waals surface area contributed by atoms with Crippen LogP contribution in [0.4, 0.5) is 5.69 Å². The Morgan fingerprint density at radius 3 is 2.74 bits per heavy atom. The number of nitrogens with zero attached hydrogens (tertiary/aromatic N) is 1. The smallest absolute Gasteiger partial charge is 0.0377 e. The van der Waals surface area contributed by atoms with E-state index in [0.717, 1.165) is 12.6 Å². The molecule has 19 heavy (non-hydrogen) atoms. The van der Waals surface area contributed by atoms with Crippen LogP contribution in [0.25, 0.3) is 0 Å². The van der Waals surface area contributed by atoms with Crippen LogP contribution in [0, 0.1) is 0 Å². The molecule has 0 heterocycles. The molecule has 2 rings (SSSR count). The van der Waals surface area contributed by atoms with Gasteiger partial charge in [0, 0.05) is 35.8 Å². The summed E-state index contributed by atoms with van der Waals surface area (Å²) in [6.45, 7) is 5.51. The van der Waals surface area contributed by atoms with E-state index in [1.165, 1.54) is 41.4 Å². The summed E-state index contributed by atoms with van der Waals surface area (Å²) >= 11 is 3.71. The Kier molecular flexibility index (Phi) is 5.28. The van der Waals surface area contributed by atoms with E-state index in [4.69, 9.17) is 0 Å². The van der Waals surface area contributed by atoms with Crippen LogP contribution in [-0.2, 0) is 6.54 Å². The van der Waals surface area contributed by atoms with Gasteiger partial charge in [-0.1, -0.05) is 35.3 Å². The van der Waals surface area contributed by atoms with Crippen molar-refractivity contribution in [2.75, 3.05) is 11.9 Å². The molecule has 1 atom stereocenters. The lowest BCUT2D eigenvalue weighted by Gasteiger charge is -2.27. The molecule has 0 aliphatic heterocycles. The van der Waals surface area contributed by atoms with Gasteiger partial charge in [-0.25, -0.2) is 0 Å². The predicted octanol–water partition coefficient (Wildman–Crippen LogP) is 4.33. The Morgan fingerprint density at radius 1 is 1.42 bits per heavy atom. The normalized spacial score (nSPS) is 16.4. The zero-order chi connectivity index (χ0) is 13.8. The minimum absolute atomic E-state index is 0.590. The van der Waals surface area contributed by atoms with E-state index in [0.29, 0.717) is 6.04 Å². The van der Waals surface area contributed by atoms with Crippen LogP contribution in [-0.4, -0.2) is 19.1 Å². The molecule has 1 aliphatic rings. The first-order chi connectivity index (χ1) is 9.11. The van der Waals surface area contributed by atoms with Crippen LogP contribution in [0.2, 0.25) is 0 Å². The molecule has 0 aromatic heterocycles. The molecule has 1 aromatic rings. The molecule has 1 saturated carbocycles. The number of anilines is 1. The molecule has 0 radical (unpaired) electrons. The van der Waals surface area contributed by atoms with Crippen molar-refractivity contribution in [1.29, 1.82) is 0 Å². The van der Waals surface area contributed by atoms with Crippen molar-refractivity contribution in [2.24, 2.45) is 0 Å². The van der Waals surface area contributed by atoms with Gasteiger partial charge in [0.05, 0.1) is 0 Å². The van der Waals surface area contributed by atoms with Gasteiger partial charge in [-0.15, -0.1) is 0 Å². The summed E-state index contributed by atoms with van der Waals surface area (Å²) in [5, 5.41) is 3.56. The van der Waals surface area contributed by atoms with Crippen LogP contribution in [0.15, 0.2) is 22.7 Å². The molecule has 1 N–H and O–H groups in total. The van der Waals surface area contributed by atoms with Gasteiger partial charge < -0.3 is 10.2 Å². The third-order valence-corrected chi connectivity index (χ3v) is 4.71. The second kappa shape index (κ2) is 6.76. The summed E-state index contributed by atoms with van der Waals surface area (Å²) < 4.78 is 1.22. The topological polar surface area (TPSA) is 15.3 Å². The molecule has 0 saturated heterocycles. The van der Waals surface area contributed by atoms with Crippen molar-refractivity contribution in [3.8, 4) is 0 Å². The number of nitrogens with one attached hydrogen (secondary N) is 1. The highest BCUT2D eigenvalue weighted by Crippen LogP contribution is 2.26. The van der Waals surface area contributed by atoms with Crippen LogP contribution in [0.1, 0.15) is 45.1 Å². The lowest BCUT2D eigenvalue weighted by atomic mass is 10.1. The Balaban J connectivity index is 1.99. The van der Waals surface area contributed by atoms with Crippen LogP contribution < -0.4 is 10.2 Å². The van der Waals surface area contributed by atoms with Crippen LogP contribution >= 0.6 is 15.9 Å². The summed E-state index contributed by atoms with van der Waals surface area (Å²) in [4.78, 5) is 2.37. The zero-order valence-electron chi connectivity index (χ0n) is 12.2. The third-order valence-electron chi connectivity index (χ3n) is 3.97. The Bertz CT molecular complexity index is 415. The van der Waals surface area contributed by atoms with Crippen molar-refractivity contribution in [1.82, 2.24) is 5.32 Å². The second-order valence-electron chi connectivity index (χ2n) is 5.68. The fraction of sp³-hybridized carbons (Fsp3) is 0.625. The first-order valence-electron chi connectivity index (χ1n) is 7.36. The minimum Gasteiger partial charge on any atom is -0.372 e. The molecule has 0 spiro atoms. The molecule has 0 bridgehead atoms. The molecule has 106 valence electrons. The quantitative estimate of drug-likeness (QED) is 0.803. The SMILES string of the molecule is CCCC(C)N(C)c1ccc(CNC2CC2)c(Br)c1. The summed E-state index contributed by atoms with van der Waals surface area (Å²) in [6, 6.07) is 8.08. The first-order valence-corrected chi connectivity index (χ1v) is 8.15. The Labute approximate surface area is 125 Å². The molecule has 0 amide bonds. The summed E-state index contributed by atoms with van der Waals surface area (Å²) in [7, 11) is 2.18. The van der Waals surface area contributed by atoms with E-state index < -0.39 is 0 Å². The van der Waals surface area contributed by atoms with Gasteiger partial charge in [0.2, 0.25) is 0 Å². The van der Waals surface area contributed by atoms with Crippen molar-refractivity contribution in [3.05, 3.63) is 28.2 Å².